The molecular weight excluding hydrogens is 433 g/mol. The minimum Gasteiger partial charge on any atom is -0.502 e. The molecule has 0 bridgehead atoms. The summed E-state index contributed by atoms with van der Waals surface area (Å²) >= 11 is 0. The standard InChI is InChI=1S/C22H22FN5O3S/c1-31-22-16(12-2-3-12)17-18-13(19(29)20(30)15(11-25)26-18)10-14(23)21(17)32(22)28-8-6-27(5-4-24)7-9-28/h10,12,16,30H,2-3,5-9H2,1H3,(H,26,29). The van der Waals surface area contributed by atoms with Crippen molar-refractivity contribution < 1.29 is 14.2 Å². The first-order valence-corrected chi connectivity index (χ1v) is 11.7. The quantitative estimate of drug-likeness (QED) is 0.538. The highest BCUT2D eigenvalue weighted by Gasteiger charge is 2.46. The van der Waals surface area contributed by atoms with Crippen molar-refractivity contribution in [2.75, 3.05) is 39.8 Å². The van der Waals surface area contributed by atoms with Crippen LogP contribution in [0, 0.1) is 34.4 Å². The zero-order valence-corrected chi connectivity index (χ0v) is 18.3. The smallest absolute Gasteiger partial charge is 0.232 e. The minimum absolute atomic E-state index is 0.0446. The van der Waals surface area contributed by atoms with E-state index >= 15 is 4.39 Å². The summed E-state index contributed by atoms with van der Waals surface area (Å²) in [6, 6.07) is 5.18. The van der Waals surface area contributed by atoms with Gasteiger partial charge in [-0.2, -0.15) is 10.5 Å². The molecule has 2 N–H and O–H groups in total. The molecule has 2 unspecified atom stereocenters. The largest absolute Gasteiger partial charge is 0.502 e. The van der Waals surface area contributed by atoms with Crippen molar-refractivity contribution in [1.29, 1.82) is 10.5 Å². The maximum Gasteiger partial charge on any atom is 0.232 e. The zero-order valence-electron chi connectivity index (χ0n) is 17.5. The van der Waals surface area contributed by atoms with Crippen molar-refractivity contribution >= 4 is 26.6 Å². The summed E-state index contributed by atoms with van der Waals surface area (Å²) < 4.78 is 23.8. The molecule has 1 aliphatic carbocycles. The van der Waals surface area contributed by atoms with E-state index in [9.17, 15) is 15.2 Å². The van der Waals surface area contributed by atoms with Crippen molar-refractivity contribution in [3.63, 3.8) is 0 Å². The van der Waals surface area contributed by atoms with E-state index in [-0.39, 0.29) is 22.9 Å². The second-order valence-corrected chi connectivity index (χ2v) is 10.2. The van der Waals surface area contributed by atoms with Gasteiger partial charge in [0.25, 0.3) is 0 Å². The van der Waals surface area contributed by atoms with Crippen molar-refractivity contribution in [2.45, 2.75) is 23.7 Å². The third-order valence-electron chi connectivity index (χ3n) is 6.46. The van der Waals surface area contributed by atoms with Gasteiger partial charge in [-0.05, 0) is 24.8 Å². The second-order valence-electron chi connectivity index (χ2n) is 8.30. The summed E-state index contributed by atoms with van der Waals surface area (Å²) in [5.74, 6) is -1.08. The minimum atomic E-state index is -0.768. The van der Waals surface area contributed by atoms with Crippen LogP contribution in [0.15, 0.2) is 15.8 Å². The van der Waals surface area contributed by atoms with Gasteiger partial charge in [0, 0.05) is 44.8 Å². The van der Waals surface area contributed by atoms with Crippen LogP contribution in [-0.4, -0.2) is 64.2 Å². The monoisotopic (exact) mass is 455 g/mol. The van der Waals surface area contributed by atoms with Crippen LogP contribution in [0.2, 0.25) is 0 Å². The lowest BCUT2D eigenvalue weighted by atomic mass is 9.92. The van der Waals surface area contributed by atoms with E-state index in [0.717, 1.165) is 17.9 Å². The summed E-state index contributed by atoms with van der Waals surface area (Å²) in [6.07, 6.45) is 1.96. The fourth-order valence-corrected chi connectivity index (χ4v) is 7.43. The SMILES string of the molecule is COC1=S(N2CCN(CC#N)CC2)c2c(F)cc3c(=O)c(O)c(C#N)[nH]c3c2C1C1CC1. The third kappa shape index (κ3) is 3.14. The fraction of sp³-hybridized carbons (Fsp3) is 0.455. The number of hydrogen-bond donors (Lipinski definition) is 2. The number of halogens is 1. The Labute approximate surface area is 186 Å². The number of pyridine rings is 1. The molecule has 166 valence electrons. The predicted octanol–water partition coefficient (Wildman–Crippen LogP) is 2.21. The highest BCUT2D eigenvalue weighted by atomic mass is 32.2. The van der Waals surface area contributed by atoms with Crippen molar-refractivity contribution in [3.8, 4) is 17.9 Å². The van der Waals surface area contributed by atoms with E-state index in [4.69, 9.17) is 10.00 Å². The van der Waals surface area contributed by atoms with Gasteiger partial charge in [0.05, 0.1) is 28.4 Å². The Morgan fingerprint density at radius 3 is 2.62 bits per heavy atom. The molecule has 2 aromatic rings. The Bertz CT molecular complexity index is 1300. The van der Waals surface area contributed by atoms with E-state index in [1.54, 1.807) is 7.11 Å². The molecule has 3 aliphatic rings. The molecule has 1 saturated heterocycles. The molecule has 0 spiro atoms. The summed E-state index contributed by atoms with van der Waals surface area (Å²) in [6.45, 7) is 3.11. The first-order valence-electron chi connectivity index (χ1n) is 10.5. The van der Waals surface area contributed by atoms with Gasteiger partial charge in [0.15, 0.2) is 11.4 Å². The molecule has 1 aromatic heterocycles. The lowest BCUT2D eigenvalue weighted by Crippen LogP contribution is -2.44. The lowest BCUT2D eigenvalue weighted by Gasteiger charge is -2.35. The first kappa shape index (κ1) is 21.1. The van der Waals surface area contributed by atoms with Crippen LogP contribution < -0.4 is 5.43 Å². The van der Waals surface area contributed by atoms with Crippen LogP contribution in [0.4, 0.5) is 4.39 Å². The normalized spacial score (nSPS) is 23.8. The number of aromatic nitrogens is 1. The van der Waals surface area contributed by atoms with Crippen LogP contribution in [0.25, 0.3) is 10.9 Å². The molecule has 1 aromatic carbocycles. The first-order chi connectivity index (χ1) is 15.5. The Hall–Kier alpha value is -2.76. The van der Waals surface area contributed by atoms with Gasteiger partial charge in [-0.25, -0.2) is 8.70 Å². The number of hydrogen-bond acceptors (Lipinski definition) is 7. The van der Waals surface area contributed by atoms with Crippen LogP contribution in [0.3, 0.4) is 0 Å². The van der Waals surface area contributed by atoms with Gasteiger partial charge in [0.2, 0.25) is 5.43 Å². The third-order valence-corrected chi connectivity index (χ3v) is 8.94. The molecule has 10 heteroatoms. The predicted molar refractivity (Wildman–Crippen MR) is 118 cm³/mol. The number of fused-ring (bicyclic) bond motifs is 3. The molecule has 2 aliphatic heterocycles. The molecular formula is C22H22FN5O3S. The van der Waals surface area contributed by atoms with E-state index in [2.05, 4.69) is 20.3 Å². The molecule has 8 nitrogen and oxygen atoms in total. The van der Waals surface area contributed by atoms with Crippen LogP contribution in [-0.2, 0) is 4.74 Å². The molecule has 0 amide bonds. The Morgan fingerprint density at radius 2 is 2.03 bits per heavy atom. The van der Waals surface area contributed by atoms with Crippen LogP contribution in [0.1, 0.15) is 30.0 Å². The Morgan fingerprint density at radius 1 is 1.31 bits per heavy atom. The van der Waals surface area contributed by atoms with E-state index in [0.29, 0.717) is 48.7 Å². The van der Waals surface area contributed by atoms with Gasteiger partial charge in [0.1, 0.15) is 16.9 Å². The van der Waals surface area contributed by atoms with Crippen LogP contribution >= 0.6 is 10.7 Å². The number of benzene rings is 1. The number of rotatable bonds is 3. The molecule has 32 heavy (non-hydrogen) atoms. The average molecular weight is 456 g/mol. The number of aromatic hydroxyl groups is 1. The van der Waals surface area contributed by atoms with Gasteiger partial charge >= 0.3 is 0 Å². The molecule has 5 rings (SSSR count). The molecule has 3 heterocycles. The maximum absolute atomic E-state index is 15.6. The number of nitriles is 2. The summed E-state index contributed by atoms with van der Waals surface area (Å²) in [5, 5.41) is 29.3. The molecule has 2 fully saturated rings. The number of nitrogens with one attached hydrogen (secondary N) is 1. The molecule has 1 saturated carbocycles. The Kier molecular flexibility index (Phi) is 5.26. The highest BCUT2D eigenvalue weighted by molar-refractivity contribution is 8.14. The zero-order chi connectivity index (χ0) is 22.6. The summed E-state index contributed by atoms with van der Waals surface area (Å²) in [5.41, 5.74) is 0.116. The topological polar surface area (TPSA) is 116 Å². The Balaban J connectivity index is 1.72. The van der Waals surface area contributed by atoms with Crippen molar-refractivity contribution in [3.05, 3.63) is 33.4 Å². The fourth-order valence-electron chi connectivity index (χ4n) is 4.79. The summed E-state index contributed by atoms with van der Waals surface area (Å²) in [4.78, 5) is 18.2. The van der Waals surface area contributed by atoms with Crippen molar-refractivity contribution in [2.24, 2.45) is 5.92 Å². The number of methoxy groups -OCH3 is 1. The number of nitrogens with zero attached hydrogens (tertiary/aromatic N) is 4. The highest BCUT2D eigenvalue weighted by Crippen LogP contribution is 2.57. The lowest BCUT2D eigenvalue weighted by molar-refractivity contribution is 0.215. The molecule has 0 radical (unpaired) electrons. The van der Waals surface area contributed by atoms with Gasteiger partial charge in [-0.15, -0.1) is 0 Å². The number of aromatic amines is 1. The van der Waals surface area contributed by atoms with E-state index in [1.165, 1.54) is 6.07 Å². The van der Waals surface area contributed by atoms with Gasteiger partial charge < -0.3 is 14.8 Å². The number of H-pyrrole nitrogens is 1. The van der Waals surface area contributed by atoms with Crippen LogP contribution in [0.5, 0.6) is 5.75 Å². The van der Waals surface area contributed by atoms with Gasteiger partial charge in [-0.3, -0.25) is 9.69 Å². The number of ether oxygens (including phenoxy) is 1. The van der Waals surface area contributed by atoms with E-state index < -0.39 is 27.7 Å². The summed E-state index contributed by atoms with van der Waals surface area (Å²) in [7, 11) is 0.841. The maximum atomic E-state index is 15.6. The molecule has 2 atom stereocenters. The average Bonchev–Trinajstić information content (AvgIpc) is 3.58. The van der Waals surface area contributed by atoms with Gasteiger partial charge in [-0.1, -0.05) is 10.7 Å². The second kappa shape index (κ2) is 7.98. The van der Waals surface area contributed by atoms with Crippen molar-refractivity contribution in [1.82, 2.24) is 14.2 Å². The number of piperazine rings is 1. The van der Waals surface area contributed by atoms with E-state index in [1.807, 2.05) is 6.07 Å².